The largest absolute Gasteiger partial charge is 0.391 e. The van der Waals surface area contributed by atoms with E-state index in [1.54, 1.807) is 35.4 Å². The minimum Gasteiger partial charge on any atom is -0.391 e. The van der Waals surface area contributed by atoms with E-state index in [0.717, 1.165) is 10.9 Å². The van der Waals surface area contributed by atoms with Crippen LogP contribution in [0.4, 0.5) is 4.39 Å². The zero-order valence-electron chi connectivity index (χ0n) is 16.4. The van der Waals surface area contributed by atoms with Crippen molar-refractivity contribution < 1.29 is 19.1 Å². The number of benzene rings is 1. The summed E-state index contributed by atoms with van der Waals surface area (Å²) in [6.45, 7) is 2.68. The molecule has 1 unspecified atom stereocenters. The fourth-order valence-electron chi connectivity index (χ4n) is 2.99. The monoisotopic (exact) mass is 432 g/mol. The number of aliphatic hydroxyl groups is 1. The van der Waals surface area contributed by atoms with Crippen molar-refractivity contribution in [3.05, 3.63) is 64.8 Å². The Balaban J connectivity index is 0.000000269. The summed E-state index contributed by atoms with van der Waals surface area (Å²) in [6, 6.07) is 9.68. The van der Waals surface area contributed by atoms with Crippen molar-refractivity contribution >= 4 is 34.3 Å². The number of aryl methyl sites for hydroxylation is 1. The number of H-pyrrole nitrogens is 1. The number of β-amino-alcohol motifs (C(OH)–C–C–N with tert-alkyl or cyclic N) is 1. The van der Waals surface area contributed by atoms with E-state index in [4.69, 9.17) is 11.6 Å². The fraction of sp³-hybridized carbons (Fsp3) is 0.286. The van der Waals surface area contributed by atoms with E-state index in [2.05, 4.69) is 15.3 Å². The molecule has 1 fully saturated rings. The van der Waals surface area contributed by atoms with Crippen LogP contribution in [-0.2, 0) is 4.79 Å². The van der Waals surface area contributed by atoms with Gasteiger partial charge in [-0.1, -0.05) is 29.3 Å². The van der Waals surface area contributed by atoms with Crippen LogP contribution in [0.5, 0.6) is 0 Å². The molecular weight excluding hydrogens is 411 g/mol. The Hall–Kier alpha value is -2.97. The van der Waals surface area contributed by atoms with E-state index < -0.39 is 6.10 Å². The normalized spacial score (nSPS) is 15.6. The molecule has 1 saturated heterocycles. The first kappa shape index (κ1) is 21.7. The average molecular weight is 433 g/mol. The lowest BCUT2D eigenvalue weighted by Crippen LogP contribution is -2.39. The number of aromatic amines is 1. The number of rotatable bonds is 3. The maximum atomic E-state index is 12.1. The van der Waals surface area contributed by atoms with Crippen LogP contribution in [0.1, 0.15) is 22.5 Å². The highest BCUT2D eigenvalue weighted by Gasteiger charge is 2.24. The van der Waals surface area contributed by atoms with Crippen molar-refractivity contribution in [1.29, 1.82) is 0 Å². The van der Waals surface area contributed by atoms with Crippen molar-refractivity contribution in [2.24, 2.45) is 0 Å². The summed E-state index contributed by atoms with van der Waals surface area (Å²) in [5, 5.41) is 13.1. The number of aliphatic hydroxyl groups excluding tert-OH is 1. The molecule has 0 radical (unpaired) electrons. The number of fused-ring (bicyclic) bond motifs is 1. The first-order valence-corrected chi connectivity index (χ1v) is 9.80. The topological polar surface area (TPSA) is 98.3 Å². The Kier molecular flexibility index (Phi) is 7.02. The summed E-state index contributed by atoms with van der Waals surface area (Å²) in [7, 11) is 0. The Morgan fingerprint density at radius 2 is 2.07 bits per heavy atom. The van der Waals surface area contributed by atoms with E-state index in [1.807, 2.05) is 6.92 Å². The van der Waals surface area contributed by atoms with Crippen LogP contribution >= 0.6 is 11.6 Å². The first-order valence-electron chi connectivity index (χ1n) is 9.42. The summed E-state index contributed by atoms with van der Waals surface area (Å²) < 4.78 is 12.1. The lowest BCUT2D eigenvalue weighted by molar-refractivity contribution is -0.129. The third-order valence-corrected chi connectivity index (χ3v) is 4.85. The summed E-state index contributed by atoms with van der Waals surface area (Å²) in [5.74, 6) is -0.748. The van der Waals surface area contributed by atoms with E-state index in [1.165, 1.54) is 12.1 Å². The molecule has 0 bridgehead atoms. The molecule has 2 aromatic heterocycles. The molecule has 1 aliphatic heterocycles. The summed E-state index contributed by atoms with van der Waals surface area (Å²) in [6.07, 6.45) is 1.68. The van der Waals surface area contributed by atoms with E-state index in [9.17, 15) is 19.1 Å². The number of hydrogen-bond acceptors (Lipinski definition) is 4. The fourth-order valence-corrected chi connectivity index (χ4v) is 3.15. The van der Waals surface area contributed by atoms with E-state index in [-0.39, 0.29) is 24.2 Å². The van der Waals surface area contributed by atoms with Gasteiger partial charge in [-0.05, 0) is 37.6 Å². The van der Waals surface area contributed by atoms with Gasteiger partial charge in [0.25, 0.3) is 5.91 Å². The molecule has 0 saturated carbocycles. The van der Waals surface area contributed by atoms with Crippen LogP contribution in [0.15, 0.2) is 42.6 Å². The van der Waals surface area contributed by atoms with Gasteiger partial charge in [0, 0.05) is 24.7 Å². The number of amides is 2. The van der Waals surface area contributed by atoms with Crippen molar-refractivity contribution in [1.82, 2.24) is 20.2 Å². The highest BCUT2D eigenvalue weighted by atomic mass is 35.5. The molecule has 30 heavy (non-hydrogen) atoms. The van der Waals surface area contributed by atoms with Gasteiger partial charge in [-0.2, -0.15) is 0 Å². The van der Waals surface area contributed by atoms with Gasteiger partial charge in [0.1, 0.15) is 16.7 Å². The van der Waals surface area contributed by atoms with Crippen LogP contribution in [0.2, 0.25) is 5.15 Å². The molecule has 3 aromatic rings. The molecule has 1 atom stereocenters. The number of hydrogen-bond donors (Lipinski definition) is 3. The number of carbonyl (C=O) groups is 2. The SMILES string of the molecule is Cc1ccc(F)cc1.O=C(NCC(=O)N1CCC(O)C1)c1cc2cnc(Cl)cc2[nH]1. The number of halogens is 2. The molecule has 1 aromatic carbocycles. The Labute approximate surface area is 177 Å². The number of likely N-dealkylation sites (tertiary alicyclic amines) is 1. The van der Waals surface area contributed by atoms with Crippen molar-refractivity contribution in [2.45, 2.75) is 19.4 Å². The second kappa shape index (κ2) is 9.69. The van der Waals surface area contributed by atoms with Crippen LogP contribution in [0.3, 0.4) is 0 Å². The Morgan fingerprint density at radius 1 is 1.33 bits per heavy atom. The minimum atomic E-state index is -0.467. The van der Waals surface area contributed by atoms with Gasteiger partial charge < -0.3 is 20.3 Å². The Bertz CT molecular complexity index is 1020. The lowest BCUT2D eigenvalue weighted by Gasteiger charge is -2.15. The molecule has 3 heterocycles. The summed E-state index contributed by atoms with van der Waals surface area (Å²) in [5.41, 5.74) is 2.14. The third-order valence-electron chi connectivity index (χ3n) is 4.64. The van der Waals surface area contributed by atoms with Crippen LogP contribution in [0.25, 0.3) is 10.9 Å². The van der Waals surface area contributed by atoms with Gasteiger partial charge in [-0.25, -0.2) is 9.37 Å². The predicted molar refractivity (Wildman–Crippen MR) is 112 cm³/mol. The second-order valence-electron chi connectivity index (χ2n) is 7.04. The van der Waals surface area contributed by atoms with Gasteiger partial charge in [0.05, 0.1) is 18.2 Å². The Morgan fingerprint density at radius 3 is 2.70 bits per heavy atom. The number of aromatic nitrogens is 2. The number of nitrogens with one attached hydrogen (secondary N) is 2. The highest BCUT2D eigenvalue weighted by Crippen LogP contribution is 2.17. The van der Waals surface area contributed by atoms with Crippen LogP contribution in [-0.4, -0.2) is 57.5 Å². The molecule has 7 nitrogen and oxygen atoms in total. The second-order valence-corrected chi connectivity index (χ2v) is 7.43. The molecule has 158 valence electrons. The molecule has 9 heteroatoms. The molecule has 4 rings (SSSR count). The van der Waals surface area contributed by atoms with Gasteiger partial charge in [0.15, 0.2) is 0 Å². The van der Waals surface area contributed by atoms with Crippen molar-refractivity contribution in [3.8, 4) is 0 Å². The number of carbonyl (C=O) groups excluding carboxylic acids is 2. The van der Waals surface area contributed by atoms with Gasteiger partial charge in [-0.15, -0.1) is 0 Å². The summed E-state index contributed by atoms with van der Waals surface area (Å²) >= 11 is 5.79. The maximum Gasteiger partial charge on any atom is 0.268 e. The first-order chi connectivity index (χ1) is 14.3. The molecular formula is C21H22ClFN4O3. The van der Waals surface area contributed by atoms with Crippen molar-refractivity contribution in [3.63, 3.8) is 0 Å². The summed E-state index contributed by atoms with van der Waals surface area (Å²) in [4.78, 5) is 32.4. The van der Waals surface area contributed by atoms with E-state index >= 15 is 0 Å². The van der Waals surface area contributed by atoms with Gasteiger partial charge in [-0.3, -0.25) is 9.59 Å². The minimum absolute atomic E-state index is 0.0973. The third kappa shape index (κ3) is 5.77. The lowest BCUT2D eigenvalue weighted by atomic mass is 10.2. The average Bonchev–Trinajstić information content (AvgIpc) is 3.34. The highest BCUT2D eigenvalue weighted by molar-refractivity contribution is 6.30. The van der Waals surface area contributed by atoms with Crippen molar-refractivity contribution in [2.75, 3.05) is 19.6 Å². The smallest absolute Gasteiger partial charge is 0.268 e. The number of nitrogens with zero attached hydrogens (tertiary/aromatic N) is 2. The maximum absolute atomic E-state index is 12.1. The van der Waals surface area contributed by atoms with Crippen LogP contribution < -0.4 is 5.32 Å². The van der Waals surface area contributed by atoms with E-state index in [0.29, 0.717) is 35.9 Å². The number of pyridine rings is 1. The zero-order valence-corrected chi connectivity index (χ0v) is 17.1. The predicted octanol–water partition coefficient (Wildman–Crippen LogP) is 2.67. The standard InChI is InChI=1S/C14H15ClN4O3.C7H7F/c15-12-4-10-8(5-16-12)3-11(18-10)14(22)17-6-13(21)19-2-1-9(20)7-19;1-6-2-4-7(8)5-3-6/h3-5,9,18,20H,1-2,6-7H2,(H,17,22);2-5H,1H3. The van der Waals surface area contributed by atoms with Gasteiger partial charge >= 0.3 is 0 Å². The molecule has 2 amide bonds. The molecule has 0 spiro atoms. The molecule has 3 N–H and O–H groups in total. The van der Waals surface area contributed by atoms with Gasteiger partial charge in [0.2, 0.25) is 5.91 Å². The molecule has 0 aliphatic carbocycles. The van der Waals surface area contributed by atoms with Crippen LogP contribution in [0, 0.1) is 12.7 Å². The zero-order chi connectivity index (χ0) is 21.7. The molecule has 1 aliphatic rings. The quantitative estimate of drug-likeness (QED) is 0.554.